The van der Waals surface area contributed by atoms with Crippen LogP contribution in [0.1, 0.15) is 24.0 Å². The highest BCUT2D eigenvalue weighted by molar-refractivity contribution is 8.02. The van der Waals surface area contributed by atoms with Gasteiger partial charge in [0.1, 0.15) is 0 Å². The summed E-state index contributed by atoms with van der Waals surface area (Å²) in [6.07, 6.45) is 3.71. The van der Waals surface area contributed by atoms with Crippen molar-refractivity contribution in [1.82, 2.24) is 0 Å². The van der Waals surface area contributed by atoms with Crippen LogP contribution in [0, 0.1) is 0 Å². The third kappa shape index (κ3) is 2.51. The van der Waals surface area contributed by atoms with Gasteiger partial charge in [0.25, 0.3) is 0 Å². The monoisotopic (exact) mass is 252 g/mol. The van der Waals surface area contributed by atoms with Gasteiger partial charge in [-0.05, 0) is 53.5 Å². The fourth-order valence-electron chi connectivity index (χ4n) is 2.42. The lowest BCUT2D eigenvalue weighted by molar-refractivity contribution is 0.823. The molecule has 0 amide bonds. The van der Waals surface area contributed by atoms with Crippen LogP contribution in [0.2, 0.25) is 0 Å². The van der Waals surface area contributed by atoms with Gasteiger partial charge < -0.3 is 0 Å². The van der Waals surface area contributed by atoms with Crippen molar-refractivity contribution in [3.8, 4) is 0 Å². The quantitative estimate of drug-likeness (QED) is 0.665. The summed E-state index contributed by atoms with van der Waals surface area (Å²) in [7, 11) is 0. The van der Waals surface area contributed by atoms with Crippen LogP contribution < -0.4 is 0 Å². The number of aryl methyl sites for hydroxylation is 1. The molecule has 1 aliphatic carbocycles. The largest absolute Gasteiger partial charge is 0.0978 e. The molecule has 0 N–H and O–H groups in total. The molecule has 0 saturated heterocycles. The van der Waals surface area contributed by atoms with E-state index in [2.05, 4.69) is 60.0 Å². The van der Waals surface area contributed by atoms with Gasteiger partial charge in [-0.2, -0.15) is 0 Å². The number of rotatable bonds is 2. The molecular formula is C17H16S. The van der Waals surface area contributed by atoms with Gasteiger partial charge in [0, 0.05) is 4.90 Å². The molecule has 0 nitrogen and oxygen atoms in total. The second-order valence-corrected chi connectivity index (χ2v) is 5.53. The zero-order valence-corrected chi connectivity index (χ0v) is 11.1. The lowest BCUT2D eigenvalue weighted by Gasteiger charge is -2.18. The first-order valence-corrected chi connectivity index (χ1v) is 7.30. The molecule has 0 aromatic heterocycles. The summed E-state index contributed by atoms with van der Waals surface area (Å²) < 4.78 is 0. The van der Waals surface area contributed by atoms with Crippen molar-refractivity contribution in [2.45, 2.75) is 24.2 Å². The van der Waals surface area contributed by atoms with E-state index >= 15 is 0 Å². The lowest BCUT2D eigenvalue weighted by Crippen LogP contribution is -2.00. The predicted molar refractivity (Wildman–Crippen MR) is 79.7 cm³/mol. The molecule has 1 heteroatoms. The van der Waals surface area contributed by atoms with Crippen molar-refractivity contribution in [3.63, 3.8) is 0 Å². The number of benzene rings is 2. The standard InChI is InChI=1S/C17H16S/c1-2-10-16(11-3-1)18-13-15-9-6-8-14-7-4-5-12-17(14)15/h1-5,7,10-13H,6,8-9H2/b15-13+. The van der Waals surface area contributed by atoms with Gasteiger partial charge in [-0.1, -0.05) is 54.2 Å². The minimum Gasteiger partial charge on any atom is -0.0978 e. The van der Waals surface area contributed by atoms with Gasteiger partial charge >= 0.3 is 0 Å². The zero-order valence-electron chi connectivity index (χ0n) is 10.3. The fourth-order valence-corrected chi connectivity index (χ4v) is 3.25. The summed E-state index contributed by atoms with van der Waals surface area (Å²) in [6, 6.07) is 19.4. The maximum Gasteiger partial charge on any atom is 0.0116 e. The Labute approximate surface area is 113 Å². The van der Waals surface area contributed by atoms with Crippen molar-refractivity contribution < 1.29 is 0 Å². The Bertz CT molecular complexity index is 555. The van der Waals surface area contributed by atoms with E-state index in [1.807, 2.05) is 11.8 Å². The van der Waals surface area contributed by atoms with E-state index in [1.165, 1.54) is 40.9 Å². The normalized spacial score (nSPS) is 16.6. The van der Waals surface area contributed by atoms with Crippen LogP contribution in [-0.2, 0) is 6.42 Å². The topological polar surface area (TPSA) is 0 Å². The highest BCUT2D eigenvalue weighted by Crippen LogP contribution is 2.33. The SMILES string of the molecule is C(/Sc1ccccc1)=C1/CCCc2ccccc21. The average molecular weight is 252 g/mol. The van der Waals surface area contributed by atoms with E-state index < -0.39 is 0 Å². The molecule has 2 aromatic carbocycles. The van der Waals surface area contributed by atoms with Crippen LogP contribution >= 0.6 is 11.8 Å². The van der Waals surface area contributed by atoms with E-state index in [4.69, 9.17) is 0 Å². The lowest BCUT2D eigenvalue weighted by atomic mass is 9.88. The Balaban J connectivity index is 1.85. The van der Waals surface area contributed by atoms with Crippen LogP contribution in [0.3, 0.4) is 0 Å². The van der Waals surface area contributed by atoms with Gasteiger partial charge in [0.15, 0.2) is 0 Å². The minimum atomic E-state index is 1.21. The molecule has 0 fully saturated rings. The Kier molecular flexibility index (Phi) is 3.51. The smallest absolute Gasteiger partial charge is 0.0116 e. The molecular weight excluding hydrogens is 236 g/mol. The molecule has 0 heterocycles. The van der Waals surface area contributed by atoms with Crippen molar-refractivity contribution >= 4 is 17.3 Å². The summed E-state index contributed by atoms with van der Waals surface area (Å²) >= 11 is 1.83. The Morgan fingerprint density at radius 1 is 0.833 bits per heavy atom. The van der Waals surface area contributed by atoms with Gasteiger partial charge in [0.2, 0.25) is 0 Å². The summed E-state index contributed by atoms with van der Waals surface area (Å²) in [5.41, 5.74) is 4.45. The highest BCUT2D eigenvalue weighted by atomic mass is 32.2. The summed E-state index contributed by atoms with van der Waals surface area (Å²) in [6.45, 7) is 0. The first kappa shape index (κ1) is 11.6. The van der Waals surface area contributed by atoms with Crippen LogP contribution in [0.15, 0.2) is 64.9 Å². The van der Waals surface area contributed by atoms with Gasteiger partial charge in [-0.15, -0.1) is 0 Å². The fraction of sp³-hybridized carbons (Fsp3) is 0.176. The Hall–Kier alpha value is -1.47. The summed E-state index contributed by atoms with van der Waals surface area (Å²) in [5.74, 6) is 0. The molecule has 0 atom stereocenters. The van der Waals surface area contributed by atoms with Gasteiger partial charge in [-0.25, -0.2) is 0 Å². The molecule has 90 valence electrons. The highest BCUT2D eigenvalue weighted by Gasteiger charge is 2.12. The third-order valence-electron chi connectivity index (χ3n) is 3.34. The van der Waals surface area contributed by atoms with Crippen molar-refractivity contribution in [1.29, 1.82) is 0 Å². The van der Waals surface area contributed by atoms with Crippen molar-refractivity contribution in [2.24, 2.45) is 0 Å². The van der Waals surface area contributed by atoms with E-state index in [0.29, 0.717) is 0 Å². The minimum absolute atomic E-state index is 1.21. The molecule has 3 rings (SSSR count). The second kappa shape index (κ2) is 5.45. The molecule has 2 aromatic rings. The van der Waals surface area contributed by atoms with E-state index in [9.17, 15) is 0 Å². The van der Waals surface area contributed by atoms with Crippen LogP contribution in [0.4, 0.5) is 0 Å². The molecule has 0 unspecified atom stereocenters. The van der Waals surface area contributed by atoms with Gasteiger partial charge in [0.05, 0.1) is 0 Å². The molecule has 0 aliphatic heterocycles. The predicted octanol–water partition coefficient (Wildman–Crippen LogP) is 5.16. The number of hydrogen-bond donors (Lipinski definition) is 0. The third-order valence-corrected chi connectivity index (χ3v) is 4.28. The summed E-state index contributed by atoms with van der Waals surface area (Å²) in [4.78, 5) is 1.31. The number of thioether (sulfide) groups is 1. The number of fused-ring (bicyclic) bond motifs is 1. The first-order valence-electron chi connectivity index (χ1n) is 6.42. The van der Waals surface area contributed by atoms with Crippen LogP contribution in [0.5, 0.6) is 0 Å². The van der Waals surface area contributed by atoms with E-state index in [-0.39, 0.29) is 0 Å². The van der Waals surface area contributed by atoms with Crippen LogP contribution in [0.25, 0.3) is 5.57 Å². The first-order chi connectivity index (χ1) is 8.93. The van der Waals surface area contributed by atoms with Crippen LogP contribution in [-0.4, -0.2) is 0 Å². The molecule has 18 heavy (non-hydrogen) atoms. The Morgan fingerprint density at radius 3 is 2.50 bits per heavy atom. The second-order valence-electron chi connectivity index (χ2n) is 4.58. The molecule has 0 spiro atoms. The molecule has 1 aliphatic rings. The Morgan fingerprint density at radius 2 is 1.61 bits per heavy atom. The summed E-state index contributed by atoms with van der Waals surface area (Å²) in [5, 5.41) is 2.33. The number of hydrogen-bond acceptors (Lipinski definition) is 1. The van der Waals surface area contributed by atoms with Crippen molar-refractivity contribution in [2.75, 3.05) is 0 Å². The maximum atomic E-state index is 2.33. The van der Waals surface area contributed by atoms with E-state index in [0.717, 1.165) is 0 Å². The molecule has 0 bridgehead atoms. The molecule has 0 saturated carbocycles. The molecule has 0 radical (unpaired) electrons. The average Bonchev–Trinajstić information content (AvgIpc) is 2.46. The van der Waals surface area contributed by atoms with Gasteiger partial charge in [-0.3, -0.25) is 0 Å². The van der Waals surface area contributed by atoms with Crippen molar-refractivity contribution in [3.05, 3.63) is 71.1 Å². The van der Waals surface area contributed by atoms with E-state index in [1.54, 1.807) is 0 Å². The zero-order chi connectivity index (χ0) is 12.2. The number of allylic oxidation sites excluding steroid dienone is 1. The maximum absolute atomic E-state index is 2.33.